The summed E-state index contributed by atoms with van der Waals surface area (Å²) in [5.41, 5.74) is 2.33. The fourth-order valence-corrected chi connectivity index (χ4v) is 7.90. The Kier molecular flexibility index (Phi) is 11.4. The number of hydrogen-bond donors (Lipinski definition) is 3. The molecular formula is C43H47F4N7O5. The van der Waals surface area contributed by atoms with Gasteiger partial charge in [-0.15, -0.1) is 0 Å². The molecular weight excluding hydrogens is 771 g/mol. The van der Waals surface area contributed by atoms with E-state index in [9.17, 15) is 32.7 Å². The van der Waals surface area contributed by atoms with Crippen molar-refractivity contribution in [1.29, 1.82) is 0 Å². The standard InChI is InChI=1S/C43H47F4N7O5/c1-6-37(56)49-32-19-27(12-13-35(32)53-16-15-52(28-23-59-24-28)21-36(53)43(45,46)47)48-39-41(58)51(5)20-33(50-39)29-10-7-11-34(30(29)22-55)54-14-8-9-25-17-26(42(2,3)4)18-31(44)38(25)40(54)57/h6-7,10-13,17-20,28,36,55H,1,8-9,14-16,21-24H2,2-5H3,(H,48,50)(H,49,56)/t36-/m1/s1. The Morgan fingerprint density at radius 3 is 2.47 bits per heavy atom. The molecule has 2 amide bonds. The minimum Gasteiger partial charge on any atom is -0.392 e. The van der Waals surface area contributed by atoms with E-state index in [1.54, 1.807) is 23.1 Å². The number of fused-ring (bicyclic) bond motifs is 1. The highest BCUT2D eigenvalue weighted by molar-refractivity contribution is 6.08. The number of aryl methyl sites for hydroxylation is 2. The maximum atomic E-state index is 15.7. The minimum atomic E-state index is -4.58. The molecule has 312 valence electrons. The van der Waals surface area contributed by atoms with Crippen LogP contribution in [0.2, 0.25) is 0 Å². The second kappa shape index (κ2) is 16.2. The molecule has 4 aromatic rings. The zero-order chi connectivity index (χ0) is 42.4. The number of carbonyl (C=O) groups is 2. The third kappa shape index (κ3) is 8.34. The molecule has 16 heteroatoms. The van der Waals surface area contributed by atoms with Crippen molar-refractivity contribution in [3.8, 4) is 11.3 Å². The molecule has 7 rings (SSSR count). The summed E-state index contributed by atoms with van der Waals surface area (Å²) in [5, 5.41) is 16.4. The maximum absolute atomic E-state index is 15.7. The monoisotopic (exact) mass is 817 g/mol. The van der Waals surface area contributed by atoms with E-state index in [2.05, 4.69) is 22.2 Å². The van der Waals surface area contributed by atoms with Crippen molar-refractivity contribution in [3.05, 3.63) is 106 Å². The van der Waals surface area contributed by atoms with Crippen LogP contribution >= 0.6 is 0 Å². The van der Waals surface area contributed by atoms with Crippen LogP contribution in [-0.2, 0) is 35.0 Å². The highest BCUT2D eigenvalue weighted by Gasteiger charge is 2.48. The molecule has 3 aliphatic heterocycles. The van der Waals surface area contributed by atoms with Gasteiger partial charge in [0.25, 0.3) is 11.5 Å². The molecule has 3 N–H and O–H groups in total. The normalized spacial score (nSPS) is 17.9. The first-order valence-corrected chi connectivity index (χ1v) is 19.4. The molecule has 2 fully saturated rings. The van der Waals surface area contributed by atoms with E-state index in [1.807, 2.05) is 26.8 Å². The molecule has 59 heavy (non-hydrogen) atoms. The number of rotatable bonds is 9. The van der Waals surface area contributed by atoms with Gasteiger partial charge in [-0.05, 0) is 65.8 Å². The largest absolute Gasteiger partial charge is 0.409 e. The van der Waals surface area contributed by atoms with Gasteiger partial charge in [-0.1, -0.05) is 45.5 Å². The Morgan fingerprint density at radius 1 is 1.05 bits per heavy atom. The van der Waals surface area contributed by atoms with Gasteiger partial charge in [0, 0.05) is 56.2 Å². The highest BCUT2D eigenvalue weighted by Crippen LogP contribution is 2.39. The van der Waals surface area contributed by atoms with Gasteiger partial charge in [-0.2, -0.15) is 13.2 Å². The van der Waals surface area contributed by atoms with Crippen molar-refractivity contribution in [1.82, 2.24) is 14.5 Å². The molecule has 3 aliphatic rings. The number of alkyl halides is 3. The van der Waals surface area contributed by atoms with Gasteiger partial charge in [0.15, 0.2) is 5.82 Å². The lowest BCUT2D eigenvalue weighted by atomic mass is 9.84. The molecule has 4 heterocycles. The quantitative estimate of drug-likeness (QED) is 0.132. The van der Waals surface area contributed by atoms with Crippen LogP contribution in [0.4, 0.5) is 46.1 Å². The topological polar surface area (TPSA) is 132 Å². The van der Waals surface area contributed by atoms with Crippen LogP contribution in [0.15, 0.2) is 72.2 Å². The summed E-state index contributed by atoms with van der Waals surface area (Å²) >= 11 is 0. The lowest BCUT2D eigenvalue weighted by Crippen LogP contribution is -2.64. The van der Waals surface area contributed by atoms with E-state index >= 15 is 4.39 Å². The molecule has 3 aromatic carbocycles. The van der Waals surface area contributed by atoms with Crippen LogP contribution in [0.5, 0.6) is 0 Å². The number of piperazine rings is 1. The number of aliphatic hydroxyl groups is 1. The van der Waals surface area contributed by atoms with Crippen LogP contribution in [0.3, 0.4) is 0 Å². The van der Waals surface area contributed by atoms with Crippen molar-refractivity contribution >= 4 is 40.4 Å². The third-order valence-electron chi connectivity index (χ3n) is 11.2. The lowest BCUT2D eigenvalue weighted by Gasteiger charge is -2.48. The average molecular weight is 818 g/mol. The number of aromatic nitrogens is 2. The van der Waals surface area contributed by atoms with Crippen molar-refractivity contribution < 1.29 is 37.0 Å². The predicted octanol–water partition coefficient (Wildman–Crippen LogP) is 6.29. The first kappa shape index (κ1) is 41.6. The average Bonchev–Trinajstić information content (AvgIpc) is 3.33. The number of carbonyl (C=O) groups excluding carboxylic acids is 2. The summed E-state index contributed by atoms with van der Waals surface area (Å²) in [6.07, 6.45) is -1.07. The first-order valence-electron chi connectivity index (χ1n) is 19.4. The minimum absolute atomic E-state index is 0.00821. The zero-order valence-corrected chi connectivity index (χ0v) is 33.3. The van der Waals surface area contributed by atoms with Crippen molar-refractivity contribution in [3.63, 3.8) is 0 Å². The van der Waals surface area contributed by atoms with Gasteiger partial charge >= 0.3 is 6.18 Å². The van der Waals surface area contributed by atoms with E-state index < -0.39 is 42.0 Å². The molecule has 0 unspecified atom stereocenters. The van der Waals surface area contributed by atoms with Gasteiger partial charge in [0.05, 0.1) is 54.2 Å². The molecule has 2 saturated heterocycles. The van der Waals surface area contributed by atoms with Crippen LogP contribution in [0.25, 0.3) is 11.3 Å². The summed E-state index contributed by atoms with van der Waals surface area (Å²) in [6.45, 7) is 10.0. The fraction of sp³-hybridized carbons (Fsp3) is 0.395. The van der Waals surface area contributed by atoms with E-state index in [-0.39, 0.29) is 65.2 Å². The number of ether oxygens (including phenoxy) is 1. The summed E-state index contributed by atoms with van der Waals surface area (Å²) in [6, 6.07) is 10.8. The molecule has 0 radical (unpaired) electrons. The molecule has 0 bridgehead atoms. The van der Waals surface area contributed by atoms with Crippen LogP contribution in [-0.4, -0.2) is 89.0 Å². The Morgan fingerprint density at radius 2 is 1.81 bits per heavy atom. The van der Waals surface area contributed by atoms with Gasteiger partial charge in [0.1, 0.15) is 11.9 Å². The number of nitrogens with zero attached hydrogens (tertiary/aromatic N) is 5. The number of amides is 2. The zero-order valence-electron chi connectivity index (χ0n) is 33.3. The molecule has 0 saturated carbocycles. The van der Waals surface area contributed by atoms with Crippen molar-refractivity contribution in [2.45, 2.75) is 63.9 Å². The summed E-state index contributed by atoms with van der Waals surface area (Å²) in [5.74, 6) is -1.94. The lowest BCUT2D eigenvalue weighted by molar-refractivity contribution is -0.165. The summed E-state index contributed by atoms with van der Waals surface area (Å²) < 4.78 is 65.9. The van der Waals surface area contributed by atoms with E-state index in [0.717, 1.165) is 11.6 Å². The van der Waals surface area contributed by atoms with Gasteiger partial charge < -0.3 is 34.8 Å². The molecule has 1 atom stereocenters. The second-order valence-corrected chi connectivity index (χ2v) is 16.1. The molecule has 0 spiro atoms. The molecule has 12 nitrogen and oxygen atoms in total. The first-order chi connectivity index (χ1) is 28.0. The van der Waals surface area contributed by atoms with Crippen molar-refractivity contribution in [2.75, 3.05) is 59.8 Å². The predicted molar refractivity (Wildman–Crippen MR) is 218 cm³/mol. The summed E-state index contributed by atoms with van der Waals surface area (Å²) in [4.78, 5) is 49.3. The second-order valence-electron chi connectivity index (χ2n) is 16.1. The number of anilines is 5. The fourth-order valence-electron chi connectivity index (χ4n) is 7.90. The van der Waals surface area contributed by atoms with Gasteiger partial charge in [-0.3, -0.25) is 19.3 Å². The Balaban J connectivity index is 1.22. The van der Waals surface area contributed by atoms with E-state index in [4.69, 9.17) is 4.74 Å². The SMILES string of the molecule is C=CC(=O)Nc1cc(Nc2nc(-c3cccc(N4CCCc5cc(C(C)(C)C)cc(F)c5C4=O)c3CO)cn(C)c2=O)ccc1N1CCN(C2COC2)C[C@@H]1C(F)(F)F. The van der Waals surface area contributed by atoms with Crippen LogP contribution in [0.1, 0.15) is 54.2 Å². The van der Waals surface area contributed by atoms with Gasteiger partial charge in [0.2, 0.25) is 5.91 Å². The summed E-state index contributed by atoms with van der Waals surface area (Å²) in [7, 11) is 1.51. The highest BCUT2D eigenvalue weighted by atomic mass is 19.4. The van der Waals surface area contributed by atoms with E-state index in [1.165, 1.54) is 51.9 Å². The number of aliphatic hydroxyl groups excluding tert-OH is 1. The number of hydrogen-bond acceptors (Lipinski definition) is 9. The number of halogens is 4. The van der Waals surface area contributed by atoms with Crippen LogP contribution < -0.4 is 26.0 Å². The van der Waals surface area contributed by atoms with Crippen molar-refractivity contribution in [2.24, 2.45) is 7.05 Å². The number of benzene rings is 3. The Labute approximate surface area is 339 Å². The maximum Gasteiger partial charge on any atom is 0.409 e. The van der Waals surface area contributed by atoms with Crippen LogP contribution in [0, 0.1) is 5.82 Å². The van der Waals surface area contributed by atoms with E-state index in [0.29, 0.717) is 55.0 Å². The molecule has 0 aliphatic carbocycles. The Bertz CT molecular complexity index is 2350. The molecule has 1 aromatic heterocycles. The third-order valence-corrected chi connectivity index (χ3v) is 11.2. The Hall–Kier alpha value is -5.58. The van der Waals surface area contributed by atoms with Gasteiger partial charge in [-0.25, -0.2) is 9.37 Å². The smallest absolute Gasteiger partial charge is 0.392 e. The number of nitrogens with one attached hydrogen (secondary N) is 2.